The van der Waals surface area contributed by atoms with Gasteiger partial charge in [-0.3, -0.25) is 4.79 Å². The number of anilines is 2. The summed E-state index contributed by atoms with van der Waals surface area (Å²) in [5.41, 5.74) is 2.04. The van der Waals surface area contributed by atoms with Gasteiger partial charge in [0.1, 0.15) is 11.6 Å². The van der Waals surface area contributed by atoms with Gasteiger partial charge < -0.3 is 10.2 Å². The van der Waals surface area contributed by atoms with Crippen LogP contribution in [-0.2, 0) is 6.54 Å². The molecule has 0 aliphatic carbocycles. The lowest BCUT2D eigenvalue weighted by molar-refractivity contribution is 0.102. The van der Waals surface area contributed by atoms with Crippen LogP contribution in [0.5, 0.6) is 0 Å². The second-order valence-corrected chi connectivity index (χ2v) is 6.58. The second kappa shape index (κ2) is 8.45. The van der Waals surface area contributed by atoms with Crippen LogP contribution in [0.15, 0.2) is 72.9 Å². The number of aromatic nitrogens is 1. The zero-order valence-electron chi connectivity index (χ0n) is 15.4. The van der Waals surface area contributed by atoms with Gasteiger partial charge in [0.15, 0.2) is 0 Å². The fourth-order valence-electron chi connectivity index (χ4n) is 2.77. The Kier molecular flexibility index (Phi) is 5.81. The molecule has 0 bridgehead atoms. The average molecular weight is 363 g/mol. The normalized spacial score (nSPS) is 10.7. The molecule has 138 valence electrons. The zero-order valence-corrected chi connectivity index (χ0v) is 15.4. The lowest BCUT2D eigenvalue weighted by Gasteiger charge is -2.28. The van der Waals surface area contributed by atoms with Crippen molar-refractivity contribution in [3.05, 3.63) is 89.9 Å². The van der Waals surface area contributed by atoms with Crippen molar-refractivity contribution in [3.8, 4) is 0 Å². The zero-order chi connectivity index (χ0) is 19.2. The first kappa shape index (κ1) is 18.6. The number of amides is 1. The minimum absolute atomic E-state index is 0.269. The first-order valence-electron chi connectivity index (χ1n) is 8.86. The highest BCUT2D eigenvalue weighted by Gasteiger charge is 2.13. The molecular formula is C22H22FN3O. The van der Waals surface area contributed by atoms with Crippen molar-refractivity contribution in [2.24, 2.45) is 0 Å². The van der Waals surface area contributed by atoms with Gasteiger partial charge in [-0.1, -0.05) is 36.4 Å². The van der Waals surface area contributed by atoms with Crippen molar-refractivity contribution in [2.45, 2.75) is 26.4 Å². The van der Waals surface area contributed by atoms with Crippen LogP contribution in [0.2, 0.25) is 0 Å². The summed E-state index contributed by atoms with van der Waals surface area (Å²) in [5, 5.41) is 2.74. The summed E-state index contributed by atoms with van der Waals surface area (Å²) in [5.74, 6) is 0.0243. The summed E-state index contributed by atoms with van der Waals surface area (Å²) >= 11 is 0. The van der Waals surface area contributed by atoms with E-state index in [4.69, 9.17) is 0 Å². The summed E-state index contributed by atoms with van der Waals surface area (Å²) in [7, 11) is 0. The quantitative estimate of drug-likeness (QED) is 0.678. The second-order valence-electron chi connectivity index (χ2n) is 6.58. The van der Waals surface area contributed by atoms with Crippen LogP contribution in [0.3, 0.4) is 0 Å². The molecule has 0 unspecified atom stereocenters. The number of hydrogen-bond donors (Lipinski definition) is 1. The highest BCUT2D eigenvalue weighted by Crippen LogP contribution is 2.20. The van der Waals surface area contributed by atoms with Gasteiger partial charge in [0, 0.05) is 18.2 Å². The molecule has 1 N–H and O–H groups in total. The molecule has 2 aromatic carbocycles. The summed E-state index contributed by atoms with van der Waals surface area (Å²) < 4.78 is 13.3. The summed E-state index contributed by atoms with van der Waals surface area (Å²) in [6, 6.07) is 19.8. The van der Waals surface area contributed by atoms with Crippen LogP contribution in [0.4, 0.5) is 15.9 Å². The molecule has 5 heteroatoms. The van der Waals surface area contributed by atoms with Crippen molar-refractivity contribution >= 4 is 17.4 Å². The minimum atomic E-state index is -0.440. The van der Waals surface area contributed by atoms with Crippen LogP contribution >= 0.6 is 0 Å². The highest BCUT2D eigenvalue weighted by atomic mass is 19.1. The van der Waals surface area contributed by atoms with Gasteiger partial charge in [0.2, 0.25) is 0 Å². The van der Waals surface area contributed by atoms with Gasteiger partial charge in [0.05, 0.1) is 11.9 Å². The van der Waals surface area contributed by atoms with Gasteiger partial charge in [-0.15, -0.1) is 0 Å². The monoisotopic (exact) mass is 363 g/mol. The predicted octanol–water partition coefficient (Wildman–Crippen LogP) is 4.89. The average Bonchev–Trinajstić information content (AvgIpc) is 2.67. The standard InChI is InChI=1S/C22H22FN3O/c1-16(2)26(15-17-7-4-3-5-8-17)21-12-11-20(14-24-21)25-22(27)18-9-6-10-19(23)13-18/h3-14,16H,15H2,1-2H3,(H,25,27). The number of hydrogen-bond acceptors (Lipinski definition) is 3. The molecule has 0 aliphatic heterocycles. The van der Waals surface area contributed by atoms with Gasteiger partial charge >= 0.3 is 0 Å². The highest BCUT2D eigenvalue weighted by molar-refractivity contribution is 6.04. The fourth-order valence-corrected chi connectivity index (χ4v) is 2.77. The van der Waals surface area contributed by atoms with E-state index in [1.54, 1.807) is 18.3 Å². The topological polar surface area (TPSA) is 45.2 Å². The lowest BCUT2D eigenvalue weighted by atomic mass is 10.2. The van der Waals surface area contributed by atoms with Crippen molar-refractivity contribution in [2.75, 3.05) is 10.2 Å². The molecule has 0 saturated heterocycles. The third-order valence-electron chi connectivity index (χ3n) is 4.21. The molecule has 0 spiro atoms. The van der Waals surface area contributed by atoms with E-state index in [1.165, 1.54) is 23.8 Å². The molecule has 4 nitrogen and oxygen atoms in total. The Hall–Kier alpha value is -3.21. The Bertz CT molecular complexity index is 895. The van der Waals surface area contributed by atoms with E-state index in [0.29, 0.717) is 5.69 Å². The number of benzene rings is 2. The van der Waals surface area contributed by atoms with Gasteiger partial charge in [-0.2, -0.15) is 0 Å². The molecule has 3 aromatic rings. The summed E-state index contributed by atoms with van der Waals surface area (Å²) in [6.45, 7) is 4.98. The summed E-state index contributed by atoms with van der Waals surface area (Å²) in [4.78, 5) is 18.9. The Morgan fingerprint density at radius 2 is 1.85 bits per heavy atom. The van der Waals surface area contributed by atoms with Crippen molar-refractivity contribution in [3.63, 3.8) is 0 Å². The molecule has 0 radical (unpaired) electrons. The smallest absolute Gasteiger partial charge is 0.255 e. The number of carbonyl (C=O) groups excluding carboxylic acids is 1. The minimum Gasteiger partial charge on any atom is -0.350 e. The fraction of sp³-hybridized carbons (Fsp3) is 0.182. The maximum absolute atomic E-state index is 13.3. The van der Waals surface area contributed by atoms with E-state index in [2.05, 4.69) is 41.2 Å². The predicted molar refractivity (Wildman–Crippen MR) is 106 cm³/mol. The molecule has 3 rings (SSSR count). The Labute approximate surface area is 158 Å². The first-order chi connectivity index (χ1) is 13.0. The molecule has 0 aliphatic rings. The molecule has 1 aromatic heterocycles. The first-order valence-corrected chi connectivity index (χ1v) is 8.86. The largest absolute Gasteiger partial charge is 0.350 e. The number of nitrogens with one attached hydrogen (secondary N) is 1. The van der Waals surface area contributed by atoms with E-state index in [1.807, 2.05) is 24.3 Å². The lowest BCUT2D eigenvalue weighted by Crippen LogP contribution is -2.30. The van der Waals surface area contributed by atoms with Gasteiger partial charge in [-0.05, 0) is 49.7 Å². The van der Waals surface area contributed by atoms with E-state index >= 15 is 0 Å². The number of pyridine rings is 1. The number of nitrogens with zero attached hydrogens (tertiary/aromatic N) is 2. The van der Waals surface area contributed by atoms with Crippen molar-refractivity contribution in [1.29, 1.82) is 0 Å². The SMILES string of the molecule is CC(C)N(Cc1ccccc1)c1ccc(NC(=O)c2cccc(F)c2)cn1. The third kappa shape index (κ3) is 4.91. The van der Waals surface area contributed by atoms with Gasteiger partial charge in [-0.25, -0.2) is 9.37 Å². The molecule has 0 saturated carbocycles. The number of carbonyl (C=O) groups is 1. The Morgan fingerprint density at radius 3 is 2.48 bits per heavy atom. The Morgan fingerprint density at radius 1 is 1.07 bits per heavy atom. The molecule has 0 fully saturated rings. The maximum atomic E-state index is 13.3. The number of halogens is 1. The van der Waals surface area contributed by atoms with E-state index in [-0.39, 0.29) is 17.5 Å². The molecule has 1 heterocycles. The van der Waals surface area contributed by atoms with Crippen LogP contribution < -0.4 is 10.2 Å². The van der Waals surface area contributed by atoms with Crippen LogP contribution in [-0.4, -0.2) is 16.9 Å². The maximum Gasteiger partial charge on any atom is 0.255 e. The van der Waals surface area contributed by atoms with Crippen LogP contribution in [0.25, 0.3) is 0 Å². The number of rotatable bonds is 6. The van der Waals surface area contributed by atoms with E-state index in [9.17, 15) is 9.18 Å². The van der Waals surface area contributed by atoms with E-state index < -0.39 is 5.82 Å². The molecule has 1 amide bonds. The van der Waals surface area contributed by atoms with Crippen LogP contribution in [0.1, 0.15) is 29.8 Å². The van der Waals surface area contributed by atoms with E-state index in [0.717, 1.165) is 12.4 Å². The summed E-state index contributed by atoms with van der Waals surface area (Å²) in [6.07, 6.45) is 1.62. The van der Waals surface area contributed by atoms with Crippen molar-refractivity contribution in [1.82, 2.24) is 4.98 Å². The van der Waals surface area contributed by atoms with Gasteiger partial charge in [0.25, 0.3) is 5.91 Å². The van der Waals surface area contributed by atoms with Crippen molar-refractivity contribution < 1.29 is 9.18 Å². The third-order valence-corrected chi connectivity index (χ3v) is 4.21. The Balaban J connectivity index is 1.72. The molecule has 27 heavy (non-hydrogen) atoms. The molecular weight excluding hydrogens is 341 g/mol. The van der Waals surface area contributed by atoms with Crippen LogP contribution in [0, 0.1) is 5.82 Å². The molecule has 0 atom stereocenters.